The van der Waals surface area contributed by atoms with Gasteiger partial charge in [-0.3, -0.25) is 9.59 Å². The molecule has 1 heterocycles. The highest BCUT2D eigenvalue weighted by atomic mass is 35.5. The highest BCUT2D eigenvalue weighted by Gasteiger charge is 2.40. The summed E-state index contributed by atoms with van der Waals surface area (Å²) in [6.45, 7) is 1.90. The third kappa shape index (κ3) is 4.65. The number of rotatable bonds is 4. The van der Waals surface area contributed by atoms with Crippen LogP contribution in [-0.2, 0) is 4.79 Å². The van der Waals surface area contributed by atoms with Gasteiger partial charge in [0, 0.05) is 23.3 Å². The van der Waals surface area contributed by atoms with Crippen LogP contribution in [0.3, 0.4) is 0 Å². The van der Waals surface area contributed by atoms with Crippen molar-refractivity contribution < 1.29 is 14.0 Å². The summed E-state index contributed by atoms with van der Waals surface area (Å²) in [5.41, 5.74) is 8.65. The van der Waals surface area contributed by atoms with Gasteiger partial charge >= 0.3 is 0 Å². The molecule has 2 saturated carbocycles. The van der Waals surface area contributed by atoms with E-state index < -0.39 is 0 Å². The molecule has 156 valence electrons. The van der Waals surface area contributed by atoms with Crippen LogP contribution >= 0.6 is 12.4 Å². The van der Waals surface area contributed by atoms with E-state index in [4.69, 9.17) is 10.2 Å². The first-order valence-electron chi connectivity index (χ1n) is 10.0. The summed E-state index contributed by atoms with van der Waals surface area (Å²) in [5.74, 6) is 1.03. The quantitative estimate of drug-likeness (QED) is 0.688. The van der Waals surface area contributed by atoms with Gasteiger partial charge in [0.2, 0.25) is 5.91 Å². The highest BCUT2D eigenvalue weighted by Crippen LogP contribution is 2.42. The van der Waals surface area contributed by atoms with Crippen LogP contribution in [0.2, 0.25) is 0 Å². The van der Waals surface area contributed by atoms with Gasteiger partial charge in [0.25, 0.3) is 5.91 Å². The van der Waals surface area contributed by atoms with Gasteiger partial charge < -0.3 is 20.8 Å². The van der Waals surface area contributed by atoms with Crippen LogP contribution in [0.25, 0.3) is 0 Å². The maximum absolute atomic E-state index is 12.8. The van der Waals surface area contributed by atoms with Crippen LogP contribution in [0, 0.1) is 24.7 Å². The van der Waals surface area contributed by atoms with E-state index in [1.54, 1.807) is 18.2 Å². The predicted octanol–water partition coefficient (Wildman–Crippen LogP) is 4.35. The molecule has 6 nitrogen and oxygen atoms in total. The molecule has 0 saturated heterocycles. The van der Waals surface area contributed by atoms with Crippen molar-refractivity contribution in [2.75, 3.05) is 10.6 Å². The van der Waals surface area contributed by atoms with E-state index in [0.717, 1.165) is 36.9 Å². The number of nitrogens with one attached hydrogen (secondary N) is 2. The monoisotopic (exact) mass is 417 g/mol. The fourth-order valence-electron chi connectivity index (χ4n) is 4.72. The molecule has 2 bridgehead atoms. The van der Waals surface area contributed by atoms with Gasteiger partial charge in [-0.1, -0.05) is 6.42 Å². The number of carbonyl (C=O) groups is 2. The van der Waals surface area contributed by atoms with Crippen molar-refractivity contribution in [2.45, 2.75) is 45.1 Å². The minimum Gasteiger partial charge on any atom is -0.459 e. The summed E-state index contributed by atoms with van der Waals surface area (Å²) < 4.78 is 5.11. The molecular weight excluding hydrogens is 390 g/mol. The first-order chi connectivity index (χ1) is 13.5. The van der Waals surface area contributed by atoms with Crippen molar-refractivity contribution in [3.63, 3.8) is 0 Å². The van der Waals surface area contributed by atoms with Gasteiger partial charge in [0.15, 0.2) is 5.76 Å². The second kappa shape index (κ2) is 9.01. The number of carbonyl (C=O) groups excluding carboxylic acids is 2. The zero-order valence-corrected chi connectivity index (χ0v) is 17.3. The normalized spacial score (nSPS) is 25.6. The molecule has 1 aromatic carbocycles. The van der Waals surface area contributed by atoms with Crippen LogP contribution in [0.4, 0.5) is 11.4 Å². The number of anilines is 2. The Morgan fingerprint density at radius 1 is 1.10 bits per heavy atom. The second-order valence-corrected chi connectivity index (χ2v) is 8.15. The Labute approximate surface area is 177 Å². The molecule has 2 unspecified atom stereocenters. The molecule has 2 fully saturated rings. The minimum atomic E-state index is -0.296. The molecule has 1 aromatic heterocycles. The van der Waals surface area contributed by atoms with Crippen LogP contribution in [-0.4, -0.2) is 17.9 Å². The Balaban J connectivity index is 0.00000240. The number of fused-ring (bicyclic) bond motifs is 2. The zero-order valence-electron chi connectivity index (χ0n) is 16.5. The average Bonchev–Trinajstić information content (AvgIpc) is 3.18. The average molecular weight is 418 g/mol. The number of hydrogen-bond donors (Lipinski definition) is 3. The summed E-state index contributed by atoms with van der Waals surface area (Å²) >= 11 is 0. The Kier molecular flexibility index (Phi) is 6.65. The Hall–Kier alpha value is -2.31. The Morgan fingerprint density at radius 2 is 1.83 bits per heavy atom. The molecule has 29 heavy (non-hydrogen) atoms. The van der Waals surface area contributed by atoms with Crippen molar-refractivity contribution in [3.8, 4) is 0 Å². The van der Waals surface area contributed by atoms with E-state index in [9.17, 15) is 9.59 Å². The topological polar surface area (TPSA) is 97.4 Å². The first kappa shape index (κ1) is 21.4. The molecule has 0 aliphatic heterocycles. The zero-order chi connectivity index (χ0) is 19.7. The number of halogens is 1. The summed E-state index contributed by atoms with van der Waals surface area (Å²) in [7, 11) is 0. The Morgan fingerprint density at radius 3 is 2.45 bits per heavy atom. The fraction of sp³-hybridized carbons (Fsp3) is 0.455. The highest BCUT2D eigenvalue weighted by molar-refractivity contribution is 6.03. The van der Waals surface area contributed by atoms with Crippen LogP contribution in [0.5, 0.6) is 0 Å². The molecular formula is C22H28ClN3O3. The van der Waals surface area contributed by atoms with E-state index in [-0.39, 0.29) is 41.9 Å². The van der Waals surface area contributed by atoms with Crippen LogP contribution in [0.1, 0.15) is 48.2 Å². The van der Waals surface area contributed by atoms with Crippen molar-refractivity contribution in [1.82, 2.24) is 0 Å². The van der Waals surface area contributed by atoms with Crippen LogP contribution in [0.15, 0.2) is 41.0 Å². The van der Waals surface area contributed by atoms with E-state index in [2.05, 4.69) is 10.6 Å². The summed E-state index contributed by atoms with van der Waals surface area (Å²) in [5, 5.41) is 5.88. The minimum absolute atomic E-state index is 0. The predicted molar refractivity (Wildman–Crippen MR) is 115 cm³/mol. The lowest BCUT2D eigenvalue weighted by atomic mass is 9.65. The molecule has 0 spiro atoms. The number of hydrogen-bond acceptors (Lipinski definition) is 4. The number of aryl methyl sites for hydroxylation is 1. The van der Waals surface area contributed by atoms with Crippen molar-refractivity contribution >= 4 is 35.6 Å². The third-order valence-electron chi connectivity index (χ3n) is 6.27. The van der Waals surface area contributed by atoms with Gasteiger partial charge in [0.05, 0.1) is 6.26 Å². The van der Waals surface area contributed by atoms with E-state index >= 15 is 0 Å². The lowest BCUT2D eigenvalue weighted by Crippen LogP contribution is -2.48. The largest absolute Gasteiger partial charge is 0.459 e. The summed E-state index contributed by atoms with van der Waals surface area (Å²) in [4.78, 5) is 24.9. The summed E-state index contributed by atoms with van der Waals surface area (Å²) in [6, 6.07) is 9.05. The van der Waals surface area contributed by atoms with E-state index in [0.29, 0.717) is 17.5 Å². The SMILES string of the molecule is Cc1cc(NC(=O)C2CC3CCCC(C2)C3N)ccc1NC(=O)c1ccco1.Cl. The number of furan rings is 1. The van der Waals surface area contributed by atoms with Gasteiger partial charge in [0.1, 0.15) is 0 Å². The van der Waals surface area contributed by atoms with Crippen molar-refractivity contribution in [3.05, 3.63) is 47.9 Å². The summed E-state index contributed by atoms with van der Waals surface area (Å²) in [6.07, 6.45) is 6.77. The fourth-order valence-corrected chi connectivity index (χ4v) is 4.72. The van der Waals surface area contributed by atoms with Gasteiger partial charge in [-0.2, -0.15) is 0 Å². The van der Waals surface area contributed by atoms with E-state index in [1.165, 1.54) is 12.7 Å². The molecule has 4 N–H and O–H groups in total. The molecule has 7 heteroatoms. The third-order valence-corrected chi connectivity index (χ3v) is 6.27. The lowest BCUT2D eigenvalue weighted by Gasteiger charge is -2.43. The molecule has 2 aromatic rings. The van der Waals surface area contributed by atoms with Gasteiger partial charge in [-0.05, 0) is 80.3 Å². The molecule has 2 aliphatic carbocycles. The first-order valence-corrected chi connectivity index (χ1v) is 10.0. The molecule has 2 atom stereocenters. The molecule has 0 radical (unpaired) electrons. The van der Waals surface area contributed by atoms with Gasteiger partial charge in [-0.25, -0.2) is 0 Å². The number of amides is 2. The smallest absolute Gasteiger partial charge is 0.291 e. The maximum atomic E-state index is 12.8. The maximum Gasteiger partial charge on any atom is 0.291 e. The number of benzene rings is 1. The standard InChI is InChI=1S/C22H27N3O3.ClH/c1-13-10-17(7-8-18(13)25-22(27)19-6-3-9-28-19)24-21(26)16-11-14-4-2-5-15(12-16)20(14)23;/h3,6-10,14-16,20H,2,4-5,11-12,23H2,1H3,(H,24,26)(H,25,27);1H. The van der Waals surface area contributed by atoms with Crippen molar-refractivity contribution in [2.24, 2.45) is 23.5 Å². The number of nitrogens with two attached hydrogens (primary N) is 1. The van der Waals surface area contributed by atoms with Crippen molar-refractivity contribution in [1.29, 1.82) is 0 Å². The molecule has 2 aliphatic rings. The van der Waals surface area contributed by atoms with Crippen LogP contribution < -0.4 is 16.4 Å². The Bertz CT molecular complexity index is 854. The van der Waals surface area contributed by atoms with Gasteiger partial charge in [-0.15, -0.1) is 12.4 Å². The molecule has 2 amide bonds. The lowest BCUT2D eigenvalue weighted by molar-refractivity contribution is -0.122. The second-order valence-electron chi connectivity index (χ2n) is 8.15. The van der Waals surface area contributed by atoms with E-state index in [1.807, 2.05) is 19.1 Å². The molecule has 4 rings (SSSR count).